The topological polar surface area (TPSA) is 83.0 Å². The summed E-state index contributed by atoms with van der Waals surface area (Å²) in [6, 6.07) is 7.76. The number of halogens is 1. The monoisotopic (exact) mass is 410 g/mol. The van der Waals surface area contributed by atoms with Crippen LogP contribution >= 0.6 is 27.7 Å². The fourth-order valence-electron chi connectivity index (χ4n) is 2.33. The van der Waals surface area contributed by atoms with Crippen molar-refractivity contribution >= 4 is 33.6 Å². The number of aromatic nitrogens is 3. The molecule has 0 aliphatic heterocycles. The molecule has 1 heterocycles. The van der Waals surface area contributed by atoms with E-state index in [0.717, 1.165) is 39.8 Å². The third kappa shape index (κ3) is 4.73. The van der Waals surface area contributed by atoms with Crippen molar-refractivity contribution < 1.29 is 9.53 Å². The Morgan fingerprint density at radius 3 is 2.96 bits per heavy atom. The molecule has 1 aromatic carbocycles. The fourth-order valence-corrected chi connectivity index (χ4v) is 3.50. The average molecular weight is 411 g/mol. The lowest BCUT2D eigenvalue weighted by Crippen LogP contribution is -2.15. The van der Waals surface area contributed by atoms with E-state index >= 15 is 0 Å². The molecule has 24 heavy (non-hydrogen) atoms. The molecule has 0 radical (unpaired) electrons. The standard InChI is InChI=1S/C16H19BrN4O2S/c17-12-2-1-3-13(10-12)23-8-9-24-16-20-19-15(11-4-5-11)21(16)7-6-14(18)22/h1-3,10-11H,4-9H2,(H2,18,22). The van der Waals surface area contributed by atoms with Crippen molar-refractivity contribution in [1.29, 1.82) is 0 Å². The SMILES string of the molecule is NC(=O)CCn1c(SCCOc2cccc(Br)c2)nnc1C1CC1. The summed E-state index contributed by atoms with van der Waals surface area (Å²) >= 11 is 5.01. The number of hydrogen-bond acceptors (Lipinski definition) is 5. The zero-order valence-electron chi connectivity index (χ0n) is 13.2. The maximum absolute atomic E-state index is 11.1. The zero-order valence-corrected chi connectivity index (χ0v) is 15.6. The number of rotatable bonds is 9. The van der Waals surface area contributed by atoms with Crippen LogP contribution in [0.25, 0.3) is 0 Å². The lowest BCUT2D eigenvalue weighted by Gasteiger charge is -2.09. The van der Waals surface area contributed by atoms with Gasteiger partial charge in [-0.25, -0.2) is 0 Å². The maximum atomic E-state index is 11.1. The molecule has 1 amide bonds. The highest BCUT2D eigenvalue weighted by Crippen LogP contribution is 2.40. The minimum absolute atomic E-state index is 0.305. The van der Waals surface area contributed by atoms with Gasteiger partial charge in [0.15, 0.2) is 5.16 Å². The molecule has 6 nitrogen and oxygen atoms in total. The van der Waals surface area contributed by atoms with Gasteiger partial charge in [-0.1, -0.05) is 33.8 Å². The Labute approximate surface area is 153 Å². The van der Waals surface area contributed by atoms with E-state index in [-0.39, 0.29) is 5.91 Å². The Morgan fingerprint density at radius 1 is 1.42 bits per heavy atom. The van der Waals surface area contributed by atoms with Gasteiger partial charge in [-0.05, 0) is 31.0 Å². The van der Waals surface area contributed by atoms with E-state index in [1.807, 2.05) is 28.8 Å². The maximum Gasteiger partial charge on any atom is 0.219 e. The van der Waals surface area contributed by atoms with Gasteiger partial charge in [-0.3, -0.25) is 4.79 Å². The molecule has 128 valence electrons. The first-order chi connectivity index (χ1) is 11.6. The summed E-state index contributed by atoms with van der Waals surface area (Å²) in [5.41, 5.74) is 5.28. The highest BCUT2D eigenvalue weighted by molar-refractivity contribution is 9.10. The number of hydrogen-bond donors (Lipinski definition) is 1. The largest absolute Gasteiger partial charge is 0.493 e. The molecule has 1 aliphatic rings. The average Bonchev–Trinajstić information content (AvgIpc) is 3.31. The quantitative estimate of drug-likeness (QED) is 0.507. The number of amides is 1. The summed E-state index contributed by atoms with van der Waals surface area (Å²) in [7, 11) is 0. The lowest BCUT2D eigenvalue weighted by atomic mass is 10.3. The van der Waals surface area contributed by atoms with Crippen molar-refractivity contribution in [2.75, 3.05) is 12.4 Å². The fraction of sp³-hybridized carbons (Fsp3) is 0.438. The normalized spacial score (nSPS) is 13.9. The van der Waals surface area contributed by atoms with Crippen LogP contribution in [-0.4, -0.2) is 33.0 Å². The predicted molar refractivity (Wildman–Crippen MR) is 96.2 cm³/mol. The number of carbonyl (C=O) groups excluding carboxylic acids is 1. The van der Waals surface area contributed by atoms with Crippen LogP contribution in [0.5, 0.6) is 5.75 Å². The van der Waals surface area contributed by atoms with Crippen LogP contribution in [0.15, 0.2) is 33.9 Å². The Morgan fingerprint density at radius 2 is 2.25 bits per heavy atom. The molecule has 0 atom stereocenters. The van der Waals surface area contributed by atoms with Gasteiger partial charge in [0.25, 0.3) is 0 Å². The second-order valence-electron chi connectivity index (χ2n) is 5.64. The minimum atomic E-state index is -0.306. The van der Waals surface area contributed by atoms with Crippen LogP contribution in [0.2, 0.25) is 0 Å². The lowest BCUT2D eigenvalue weighted by molar-refractivity contribution is -0.118. The van der Waals surface area contributed by atoms with Crippen molar-refractivity contribution in [3.05, 3.63) is 34.6 Å². The van der Waals surface area contributed by atoms with Gasteiger partial charge >= 0.3 is 0 Å². The molecule has 8 heteroatoms. The van der Waals surface area contributed by atoms with Crippen LogP contribution in [-0.2, 0) is 11.3 Å². The molecule has 1 saturated carbocycles. The third-order valence-electron chi connectivity index (χ3n) is 3.65. The van der Waals surface area contributed by atoms with Gasteiger partial charge < -0.3 is 15.0 Å². The number of thioether (sulfide) groups is 1. The summed E-state index contributed by atoms with van der Waals surface area (Å²) in [5, 5.41) is 9.40. The van der Waals surface area contributed by atoms with E-state index in [2.05, 4.69) is 26.1 Å². The number of nitrogens with zero attached hydrogens (tertiary/aromatic N) is 3. The molecule has 2 aromatic rings. The summed E-state index contributed by atoms with van der Waals surface area (Å²) in [6.45, 7) is 1.12. The van der Waals surface area contributed by atoms with Crippen LogP contribution in [0.1, 0.15) is 31.0 Å². The number of nitrogens with two attached hydrogens (primary N) is 1. The Kier molecular flexibility index (Phi) is 5.78. The van der Waals surface area contributed by atoms with E-state index in [9.17, 15) is 4.79 Å². The van der Waals surface area contributed by atoms with Crippen LogP contribution in [0.4, 0.5) is 0 Å². The summed E-state index contributed by atoms with van der Waals surface area (Å²) < 4.78 is 8.76. The van der Waals surface area contributed by atoms with Crippen molar-refractivity contribution in [3.8, 4) is 5.75 Å². The number of primary amides is 1. The molecule has 0 unspecified atom stereocenters. The first-order valence-electron chi connectivity index (χ1n) is 7.86. The molecule has 3 rings (SSSR count). The molecular weight excluding hydrogens is 392 g/mol. The van der Waals surface area contributed by atoms with Gasteiger partial charge in [0.1, 0.15) is 11.6 Å². The molecule has 0 spiro atoms. The number of benzene rings is 1. The number of ether oxygens (including phenoxy) is 1. The Balaban J connectivity index is 1.55. The molecule has 1 aromatic heterocycles. The van der Waals surface area contributed by atoms with Gasteiger partial charge in [0, 0.05) is 29.1 Å². The predicted octanol–water partition coefficient (Wildman–Crippen LogP) is 2.96. The summed E-state index contributed by atoms with van der Waals surface area (Å²) in [4.78, 5) is 11.1. The Bertz CT molecular complexity index is 718. The highest BCUT2D eigenvalue weighted by Gasteiger charge is 2.30. The van der Waals surface area contributed by atoms with Crippen LogP contribution in [0.3, 0.4) is 0 Å². The molecule has 1 aliphatic carbocycles. The van der Waals surface area contributed by atoms with Crippen molar-refractivity contribution in [1.82, 2.24) is 14.8 Å². The summed E-state index contributed by atoms with van der Waals surface area (Å²) in [6.07, 6.45) is 2.59. The first-order valence-corrected chi connectivity index (χ1v) is 9.64. The smallest absolute Gasteiger partial charge is 0.219 e. The van der Waals surface area contributed by atoms with Crippen molar-refractivity contribution in [3.63, 3.8) is 0 Å². The van der Waals surface area contributed by atoms with Gasteiger partial charge in [-0.15, -0.1) is 10.2 Å². The van der Waals surface area contributed by atoms with Crippen LogP contribution in [0, 0.1) is 0 Å². The van der Waals surface area contributed by atoms with Gasteiger partial charge in [0.05, 0.1) is 6.61 Å². The second kappa shape index (κ2) is 8.02. The Hall–Kier alpha value is -1.54. The van der Waals surface area contributed by atoms with E-state index in [1.54, 1.807) is 11.8 Å². The van der Waals surface area contributed by atoms with E-state index < -0.39 is 0 Å². The first kappa shape index (κ1) is 17.3. The zero-order chi connectivity index (χ0) is 16.9. The second-order valence-corrected chi connectivity index (χ2v) is 7.62. The van der Waals surface area contributed by atoms with Gasteiger partial charge in [0.2, 0.25) is 5.91 Å². The van der Waals surface area contributed by atoms with Crippen molar-refractivity contribution in [2.45, 2.75) is 36.9 Å². The van der Waals surface area contributed by atoms with Crippen LogP contribution < -0.4 is 10.5 Å². The molecule has 2 N–H and O–H groups in total. The third-order valence-corrected chi connectivity index (χ3v) is 5.07. The molecular formula is C16H19BrN4O2S. The van der Waals surface area contributed by atoms with E-state index in [0.29, 0.717) is 25.5 Å². The molecule has 0 saturated heterocycles. The molecule has 0 bridgehead atoms. The van der Waals surface area contributed by atoms with Gasteiger partial charge in [-0.2, -0.15) is 0 Å². The molecule has 1 fully saturated rings. The summed E-state index contributed by atoms with van der Waals surface area (Å²) in [5.74, 6) is 2.74. The highest BCUT2D eigenvalue weighted by atomic mass is 79.9. The minimum Gasteiger partial charge on any atom is -0.493 e. The van der Waals surface area contributed by atoms with E-state index in [4.69, 9.17) is 10.5 Å². The van der Waals surface area contributed by atoms with Crippen molar-refractivity contribution in [2.24, 2.45) is 5.73 Å². The van der Waals surface area contributed by atoms with E-state index in [1.165, 1.54) is 0 Å². The number of carbonyl (C=O) groups is 1.